The van der Waals surface area contributed by atoms with E-state index in [1.165, 1.54) is 13.0 Å². The van der Waals surface area contributed by atoms with Gasteiger partial charge in [-0.2, -0.15) is 0 Å². The molecule has 0 unspecified atom stereocenters. The van der Waals surface area contributed by atoms with Crippen LogP contribution >= 0.6 is 44.1 Å². The molecule has 0 saturated carbocycles. The molecule has 0 radical (unpaired) electrons. The van der Waals surface area contributed by atoms with Gasteiger partial charge < -0.3 is 20.7 Å². The minimum Gasteiger partial charge on any atom is -0.495 e. The molecule has 0 heterocycles. The minimum absolute atomic E-state index is 0.210. The van der Waals surface area contributed by atoms with Crippen LogP contribution in [0.1, 0.15) is 12.5 Å². The lowest BCUT2D eigenvalue weighted by Gasteiger charge is -2.09. The third kappa shape index (κ3) is 6.74. The van der Waals surface area contributed by atoms with E-state index in [1.54, 1.807) is 37.5 Å². The van der Waals surface area contributed by atoms with E-state index in [4.69, 9.17) is 17.0 Å². The Labute approximate surface area is 185 Å². The van der Waals surface area contributed by atoms with Crippen LogP contribution < -0.4 is 20.7 Å². The highest BCUT2D eigenvalue weighted by atomic mass is 79.9. The zero-order valence-corrected chi connectivity index (χ0v) is 19.0. The summed E-state index contributed by atoms with van der Waals surface area (Å²) >= 11 is 11.8. The molecule has 0 atom stereocenters. The summed E-state index contributed by atoms with van der Waals surface area (Å²) < 4.78 is 7.00. The van der Waals surface area contributed by atoms with E-state index in [0.717, 1.165) is 14.5 Å². The number of carbonyl (C=O) groups is 2. The number of anilines is 2. The molecule has 2 aromatic rings. The third-order valence-electron chi connectivity index (χ3n) is 3.36. The highest BCUT2D eigenvalue weighted by molar-refractivity contribution is 9.11. The predicted octanol–water partition coefficient (Wildman–Crippen LogP) is 4.71. The van der Waals surface area contributed by atoms with Crippen LogP contribution in [0.4, 0.5) is 11.4 Å². The summed E-state index contributed by atoms with van der Waals surface area (Å²) in [5, 5.41) is 8.33. The summed E-state index contributed by atoms with van der Waals surface area (Å²) in [6.45, 7) is 1.38. The minimum atomic E-state index is -0.285. The van der Waals surface area contributed by atoms with Crippen molar-refractivity contribution in [3.05, 3.63) is 57.0 Å². The van der Waals surface area contributed by atoms with Crippen LogP contribution in [0.25, 0.3) is 6.08 Å². The predicted molar refractivity (Wildman–Crippen MR) is 123 cm³/mol. The van der Waals surface area contributed by atoms with Crippen molar-refractivity contribution in [3.63, 3.8) is 0 Å². The molecule has 0 aromatic heterocycles. The van der Waals surface area contributed by atoms with Crippen molar-refractivity contribution in [1.29, 1.82) is 0 Å². The molecule has 0 saturated heterocycles. The summed E-state index contributed by atoms with van der Waals surface area (Å²) in [4.78, 5) is 23.1. The quantitative estimate of drug-likeness (QED) is 0.388. The van der Waals surface area contributed by atoms with Crippen molar-refractivity contribution in [2.24, 2.45) is 0 Å². The lowest BCUT2D eigenvalue weighted by atomic mass is 10.2. The topological polar surface area (TPSA) is 79.5 Å². The standard InChI is InChI=1S/C19H17Br2N3O3S/c1-11(25)22-19(28)24-15-6-4-14(5-7-15)23-17(26)8-3-12-9-13(20)10-16(21)18(12)27-2/h3-10H,1-2H3,(H,23,26)(H2,22,24,25,28)/b8-3+. The second-order valence-corrected chi connectivity index (χ2v) is 7.72. The normalized spacial score (nSPS) is 10.4. The van der Waals surface area contributed by atoms with Crippen LogP contribution in [0.2, 0.25) is 0 Å². The van der Waals surface area contributed by atoms with E-state index in [-0.39, 0.29) is 16.9 Å². The highest BCUT2D eigenvalue weighted by Crippen LogP contribution is 2.33. The van der Waals surface area contributed by atoms with Gasteiger partial charge in [0.05, 0.1) is 11.6 Å². The first kappa shape index (κ1) is 22.1. The van der Waals surface area contributed by atoms with Gasteiger partial charge in [-0.1, -0.05) is 15.9 Å². The van der Waals surface area contributed by atoms with Crippen LogP contribution in [0, 0.1) is 0 Å². The molecule has 2 aromatic carbocycles. The third-order valence-corrected chi connectivity index (χ3v) is 4.61. The number of nitrogens with one attached hydrogen (secondary N) is 3. The van der Waals surface area contributed by atoms with Crippen molar-refractivity contribution >= 4 is 78.5 Å². The molecule has 0 aliphatic rings. The van der Waals surface area contributed by atoms with Gasteiger partial charge in [-0.3, -0.25) is 9.59 Å². The maximum Gasteiger partial charge on any atom is 0.248 e. The zero-order valence-electron chi connectivity index (χ0n) is 15.0. The van der Waals surface area contributed by atoms with Crippen molar-refractivity contribution in [3.8, 4) is 5.75 Å². The monoisotopic (exact) mass is 525 g/mol. The number of hydrogen-bond acceptors (Lipinski definition) is 4. The molecule has 3 N–H and O–H groups in total. The number of thiocarbonyl (C=S) groups is 1. The van der Waals surface area contributed by atoms with Crippen LogP contribution in [0.15, 0.2) is 51.4 Å². The Kier molecular flexibility index (Phi) is 8.16. The van der Waals surface area contributed by atoms with Crippen molar-refractivity contribution in [2.45, 2.75) is 6.92 Å². The SMILES string of the molecule is COc1c(Br)cc(Br)cc1/C=C/C(=O)Nc1ccc(NC(=S)NC(C)=O)cc1. The van der Waals surface area contributed by atoms with Gasteiger partial charge in [0.15, 0.2) is 5.11 Å². The number of carbonyl (C=O) groups excluding carboxylic acids is 2. The second-order valence-electron chi connectivity index (χ2n) is 5.55. The first-order chi connectivity index (χ1) is 13.3. The van der Waals surface area contributed by atoms with Gasteiger partial charge in [0.2, 0.25) is 11.8 Å². The molecule has 146 valence electrons. The molecule has 0 spiro atoms. The highest BCUT2D eigenvalue weighted by Gasteiger charge is 2.08. The Hall–Kier alpha value is -2.23. The zero-order chi connectivity index (χ0) is 20.7. The number of methoxy groups -OCH3 is 1. The molecule has 2 amide bonds. The molecule has 9 heteroatoms. The molecule has 0 bridgehead atoms. The Morgan fingerprint density at radius 2 is 1.68 bits per heavy atom. The molecule has 28 heavy (non-hydrogen) atoms. The summed E-state index contributed by atoms with van der Waals surface area (Å²) in [6.07, 6.45) is 3.10. The van der Waals surface area contributed by atoms with Crippen molar-refractivity contribution < 1.29 is 14.3 Å². The van der Waals surface area contributed by atoms with Gasteiger partial charge >= 0.3 is 0 Å². The van der Waals surface area contributed by atoms with E-state index in [0.29, 0.717) is 17.1 Å². The average Bonchev–Trinajstić information content (AvgIpc) is 2.60. The van der Waals surface area contributed by atoms with Crippen LogP contribution in [-0.4, -0.2) is 24.0 Å². The molecular weight excluding hydrogens is 510 g/mol. The fourth-order valence-electron chi connectivity index (χ4n) is 2.23. The molecule has 6 nitrogen and oxygen atoms in total. The van der Waals surface area contributed by atoms with E-state index in [1.807, 2.05) is 12.1 Å². The van der Waals surface area contributed by atoms with E-state index in [2.05, 4.69) is 47.8 Å². The summed E-state index contributed by atoms with van der Waals surface area (Å²) in [5.74, 6) is 0.104. The van der Waals surface area contributed by atoms with Gasteiger partial charge in [-0.15, -0.1) is 0 Å². The Bertz CT molecular complexity index is 931. The summed E-state index contributed by atoms with van der Waals surface area (Å²) in [6, 6.07) is 10.6. The van der Waals surface area contributed by atoms with Gasteiger partial charge in [0.1, 0.15) is 5.75 Å². The van der Waals surface area contributed by atoms with Crippen molar-refractivity contribution in [1.82, 2.24) is 5.32 Å². The summed E-state index contributed by atoms with van der Waals surface area (Å²) in [7, 11) is 1.57. The van der Waals surface area contributed by atoms with Crippen LogP contribution in [0.3, 0.4) is 0 Å². The largest absolute Gasteiger partial charge is 0.495 e. The number of halogens is 2. The average molecular weight is 527 g/mol. The molecule has 0 aliphatic carbocycles. The van der Waals surface area contributed by atoms with Crippen LogP contribution in [-0.2, 0) is 9.59 Å². The first-order valence-electron chi connectivity index (χ1n) is 7.99. The maximum atomic E-state index is 12.2. The fourth-order valence-corrected chi connectivity index (χ4v) is 3.91. The number of hydrogen-bond donors (Lipinski definition) is 3. The molecule has 0 fully saturated rings. The fraction of sp³-hybridized carbons (Fsp3) is 0.105. The smallest absolute Gasteiger partial charge is 0.248 e. The number of rotatable bonds is 5. The number of amides is 2. The Morgan fingerprint density at radius 3 is 2.25 bits per heavy atom. The van der Waals surface area contributed by atoms with Gasteiger partial charge in [0.25, 0.3) is 0 Å². The molecular formula is C19H17Br2N3O3S. The van der Waals surface area contributed by atoms with Gasteiger partial charge in [-0.25, -0.2) is 0 Å². The first-order valence-corrected chi connectivity index (χ1v) is 9.98. The van der Waals surface area contributed by atoms with Gasteiger partial charge in [0, 0.05) is 34.4 Å². The van der Waals surface area contributed by atoms with E-state index >= 15 is 0 Å². The van der Waals surface area contributed by atoms with E-state index < -0.39 is 0 Å². The Morgan fingerprint density at radius 1 is 1.07 bits per heavy atom. The van der Waals surface area contributed by atoms with Gasteiger partial charge in [-0.05, 0) is 70.6 Å². The van der Waals surface area contributed by atoms with Crippen molar-refractivity contribution in [2.75, 3.05) is 17.7 Å². The lowest BCUT2D eigenvalue weighted by Crippen LogP contribution is -2.32. The second kappa shape index (κ2) is 10.4. The van der Waals surface area contributed by atoms with Crippen LogP contribution in [0.5, 0.6) is 5.75 Å². The summed E-state index contributed by atoms with van der Waals surface area (Å²) in [5.41, 5.74) is 2.06. The lowest BCUT2D eigenvalue weighted by molar-refractivity contribution is -0.117. The van der Waals surface area contributed by atoms with E-state index in [9.17, 15) is 9.59 Å². The number of benzene rings is 2. The Balaban J connectivity index is 2.01. The molecule has 0 aliphatic heterocycles. The number of ether oxygens (including phenoxy) is 1. The maximum absolute atomic E-state index is 12.2. The molecule has 2 rings (SSSR count).